The number of fused-ring (bicyclic) bond motifs is 1. The Labute approximate surface area is 316 Å². The van der Waals surface area contributed by atoms with Gasteiger partial charge in [0, 0.05) is 83.8 Å². The fraction of sp³-hybridized carbons (Fsp3) is 0.184. The van der Waals surface area contributed by atoms with Crippen LogP contribution < -0.4 is 14.9 Å². The van der Waals surface area contributed by atoms with Gasteiger partial charge in [0.25, 0.3) is 15.7 Å². The van der Waals surface area contributed by atoms with Gasteiger partial charge in [0.1, 0.15) is 12.0 Å². The fourth-order valence-corrected chi connectivity index (χ4v) is 8.16. The molecule has 2 aromatic heterocycles. The van der Waals surface area contributed by atoms with Crippen LogP contribution in [0.3, 0.4) is 0 Å². The highest BCUT2D eigenvalue weighted by atomic mass is 35.5. The molecule has 1 aliphatic heterocycles. The van der Waals surface area contributed by atoms with E-state index in [0.29, 0.717) is 28.2 Å². The number of pyridine rings is 1. The zero-order valence-electron chi connectivity index (χ0n) is 28.4. The van der Waals surface area contributed by atoms with Crippen LogP contribution in [0.15, 0.2) is 125 Å². The van der Waals surface area contributed by atoms with Gasteiger partial charge in [-0.15, -0.1) is 11.8 Å². The van der Waals surface area contributed by atoms with Gasteiger partial charge in [-0.05, 0) is 66.2 Å². The SMILES string of the molecule is O=[N+]([O-])c1cc(S(=O)(=O)Nc2ncnc3cc(N4CCN(Cc5cccnc5-c5ccc(Cl)cc5)CC4)ccc23)ccc1NCCSc1ccccc1. The predicted octanol–water partition coefficient (Wildman–Crippen LogP) is 7.58. The molecule has 270 valence electrons. The number of nitrogens with one attached hydrogen (secondary N) is 2. The van der Waals surface area contributed by atoms with Crippen LogP contribution in [0, 0.1) is 10.1 Å². The molecule has 1 aliphatic rings. The molecule has 4 aromatic carbocycles. The minimum Gasteiger partial charge on any atom is -0.379 e. The first-order valence-electron chi connectivity index (χ1n) is 16.9. The Hall–Kier alpha value is -5.28. The molecule has 6 aromatic rings. The number of nitro benzene ring substituents is 1. The van der Waals surface area contributed by atoms with Gasteiger partial charge in [0.2, 0.25) is 0 Å². The van der Waals surface area contributed by atoms with E-state index in [9.17, 15) is 18.5 Å². The standard InChI is InChI=1S/C38H35ClN8O4S2/c39-29-10-8-27(9-11-29)37-28(5-4-16-41-37)25-45-18-20-46(21-19-45)30-12-14-33-35(23-30)42-26-43-38(33)44-53(50,51)32-13-15-34(36(24-32)47(48)49)40-17-22-52-31-6-2-1-3-7-31/h1-16,23-24,26,40H,17-22,25H2,(H,42,43,44). The molecule has 0 atom stereocenters. The Kier molecular flexibility index (Phi) is 11.0. The van der Waals surface area contributed by atoms with E-state index in [1.54, 1.807) is 24.0 Å². The summed E-state index contributed by atoms with van der Waals surface area (Å²) in [7, 11) is -4.23. The van der Waals surface area contributed by atoms with E-state index in [0.717, 1.165) is 66.2 Å². The van der Waals surface area contributed by atoms with Crippen molar-refractivity contribution in [1.82, 2.24) is 19.9 Å². The van der Waals surface area contributed by atoms with Gasteiger partial charge in [-0.2, -0.15) is 0 Å². The monoisotopic (exact) mass is 766 g/mol. The number of thioether (sulfide) groups is 1. The third-order valence-electron chi connectivity index (χ3n) is 8.90. The first kappa shape index (κ1) is 36.1. The maximum Gasteiger partial charge on any atom is 0.293 e. The first-order valence-corrected chi connectivity index (χ1v) is 19.7. The van der Waals surface area contributed by atoms with E-state index in [-0.39, 0.29) is 22.1 Å². The van der Waals surface area contributed by atoms with Crippen LogP contribution in [0.1, 0.15) is 5.56 Å². The van der Waals surface area contributed by atoms with E-state index in [2.05, 4.69) is 40.9 Å². The van der Waals surface area contributed by atoms with Crippen molar-refractivity contribution >= 4 is 67.2 Å². The molecule has 15 heteroatoms. The van der Waals surface area contributed by atoms with E-state index >= 15 is 0 Å². The molecule has 12 nitrogen and oxygen atoms in total. The molecule has 0 unspecified atom stereocenters. The van der Waals surface area contributed by atoms with Crippen LogP contribution in [0.25, 0.3) is 22.2 Å². The summed E-state index contributed by atoms with van der Waals surface area (Å²) in [5.41, 5.74) is 4.56. The summed E-state index contributed by atoms with van der Waals surface area (Å²) < 4.78 is 29.5. The highest BCUT2D eigenvalue weighted by molar-refractivity contribution is 7.99. The molecule has 7 rings (SSSR count). The minimum atomic E-state index is -4.23. The topological polar surface area (TPSA) is 146 Å². The maximum absolute atomic E-state index is 13.5. The van der Waals surface area contributed by atoms with E-state index in [4.69, 9.17) is 11.6 Å². The zero-order chi connectivity index (χ0) is 36.8. The molecule has 0 radical (unpaired) electrons. The number of sulfonamides is 1. The summed E-state index contributed by atoms with van der Waals surface area (Å²) in [4.78, 5) is 30.2. The summed E-state index contributed by atoms with van der Waals surface area (Å²) in [6.45, 7) is 4.49. The number of nitro groups is 1. The molecule has 3 heterocycles. The Morgan fingerprint density at radius 3 is 2.43 bits per heavy atom. The lowest BCUT2D eigenvalue weighted by atomic mass is 10.1. The third-order valence-corrected chi connectivity index (χ3v) is 11.5. The molecule has 2 N–H and O–H groups in total. The van der Waals surface area contributed by atoms with E-state index < -0.39 is 14.9 Å². The Morgan fingerprint density at radius 2 is 1.66 bits per heavy atom. The number of rotatable bonds is 13. The third kappa shape index (κ3) is 8.69. The van der Waals surface area contributed by atoms with Crippen molar-refractivity contribution < 1.29 is 13.3 Å². The number of nitrogens with zero attached hydrogens (tertiary/aromatic N) is 6. The van der Waals surface area contributed by atoms with Crippen molar-refractivity contribution in [1.29, 1.82) is 0 Å². The highest BCUT2D eigenvalue weighted by Gasteiger charge is 2.24. The normalized spacial score (nSPS) is 13.6. The fourth-order valence-electron chi connectivity index (χ4n) is 6.20. The number of halogens is 1. The predicted molar refractivity (Wildman–Crippen MR) is 211 cm³/mol. The van der Waals surface area contributed by atoms with Gasteiger partial charge < -0.3 is 10.2 Å². The van der Waals surface area contributed by atoms with Crippen molar-refractivity contribution in [2.45, 2.75) is 16.3 Å². The van der Waals surface area contributed by atoms with Gasteiger partial charge in [-0.25, -0.2) is 18.4 Å². The molecule has 0 aliphatic carbocycles. The lowest BCUT2D eigenvalue weighted by molar-refractivity contribution is -0.384. The smallest absolute Gasteiger partial charge is 0.293 e. The molecule has 0 saturated carbocycles. The molecule has 0 amide bonds. The molecule has 53 heavy (non-hydrogen) atoms. The largest absolute Gasteiger partial charge is 0.379 e. The van der Waals surface area contributed by atoms with E-state index in [1.807, 2.05) is 72.8 Å². The second-order valence-corrected chi connectivity index (χ2v) is 15.6. The van der Waals surface area contributed by atoms with Crippen LogP contribution in [0.4, 0.5) is 22.9 Å². The molecule has 0 spiro atoms. The molecular formula is C38H35ClN8O4S2. The minimum absolute atomic E-state index is 0.0853. The average Bonchev–Trinajstić information content (AvgIpc) is 3.17. The van der Waals surface area contributed by atoms with Crippen LogP contribution in [-0.2, 0) is 16.6 Å². The Balaban J connectivity index is 0.999. The van der Waals surface area contributed by atoms with Crippen LogP contribution in [-0.4, -0.2) is 71.7 Å². The van der Waals surface area contributed by atoms with Gasteiger partial charge in [0.15, 0.2) is 5.82 Å². The zero-order valence-corrected chi connectivity index (χ0v) is 30.8. The van der Waals surface area contributed by atoms with Gasteiger partial charge >= 0.3 is 0 Å². The average molecular weight is 767 g/mol. The summed E-state index contributed by atoms with van der Waals surface area (Å²) in [6, 6.07) is 31.1. The van der Waals surface area contributed by atoms with Crippen LogP contribution in [0.5, 0.6) is 0 Å². The van der Waals surface area contributed by atoms with Crippen molar-refractivity contribution in [3.63, 3.8) is 0 Å². The molecule has 1 saturated heterocycles. The van der Waals surface area contributed by atoms with Crippen molar-refractivity contribution in [3.8, 4) is 11.3 Å². The lowest BCUT2D eigenvalue weighted by Crippen LogP contribution is -2.46. The second-order valence-electron chi connectivity index (χ2n) is 12.3. The summed E-state index contributed by atoms with van der Waals surface area (Å²) in [5.74, 6) is 0.752. The molecule has 1 fully saturated rings. The Bertz CT molecular complexity index is 2340. The second kappa shape index (κ2) is 16.2. The number of hydrogen-bond donors (Lipinski definition) is 2. The number of anilines is 3. The van der Waals surface area contributed by atoms with Crippen LogP contribution >= 0.6 is 23.4 Å². The quantitative estimate of drug-likeness (QED) is 0.0519. The van der Waals surface area contributed by atoms with Crippen molar-refractivity contribution in [3.05, 3.63) is 136 Å². The molecule has 0 bridgehead atoms. The van der Waals surface area contributed by atoms with Gasteiger partial charge in [-0.1, -0.05) is 48.0 Å². The van der Waals surface area contributed by atoms with Gasteiger partial charge in [-0.3, -0.25) is 24.7 Å². The van der Waals surface area contributed by atoms with Gasteiger partial charge in [0.05, 0.1) is 21.0 Å². The van der Waals surface area contributed by atoms with Crippen molar-refractivity contribution in [2.24, 2.45) is 0 Å². The number of piperazine rings is 1. The number of aromatic nitrogens is 3. The van der Waals surface area contributed by atoms with E-state index in [1.165, 1.54) is 18.5 Å². The number of hydrogen-bond acceptors (Lipinski definition) is 11. The summed E-state index contributed by atoms with van der Waals surface area (Å²) >= 11 is 7.72. The first-order chi connectivity index (χ1) is 25.7. The summed E-state index contributed by atoms with van der Waals surface area (Å²) in [6.07, 6.45) is 3.11. The summed E-state index contributed by atoms with van der Waals surface area (Å²) in [5, 5.41) is 16.2. The number of benzene rings is 4. The Morgan fingerprint density at radius 1 is 0.868 bits per heavy atom. The van der Waals surface area contributed by atoms with Crippen LogP contribution in [0.2, 0.25) is 5.02 Å². The highest BCUT2D eigenvalue weighted by Crippen LogP contribution is 2.31. The lowest BCUT2D eigenvalue weighted by Gasteiger charge is -2.36. The molecular weight excluding hydrogens is 732 g/mol. The van der Waals surface area contributed by atoms with Crippen molar-refractivity contribution in [2.75, 3.05) is 53.4 Å². The maximum atomic E-state index is 13.5.